The fourth-order valence-corrected chi connectivity index (χ4v) is 3.84. The van der Waals surface area contributed by atoms with E-state index in [0.29, 0.717) is 5.75 Å². The van der Waals surface area contributed by atoms with Crippen molar-refractivity contribution in [3.05, 3.63) is 28.8 Å². The third-order valence-corrected chi connectivity index (χ3v) is 5.41. The van der Waals surface area contributed by atoms with Crippen LogP contribution in [0.1, 0.15) is 43.9 Å². The van der Waals surface area contributed by atoms with Gasteiger partial charge >= 0.3 is 12.4 Å². The van der Waals surface area contributed by atoms with E-state index in [9.17, 15) is 26.3 Å². The summed E-state index contributed by atoms with van der Waals surface area (Å²) in [6.45, 7) is 4.72. The van der Waals surface area contributed by atoms with Gasteiger partial charge in [0.15, 0.2) is 0 Å². The van der Waals surface area contributed by atoms with Gasteiger partial charge in [0.05, 0.1) is 22.9 Å². The van der Waals surface area contributed by atoms with Crippen molar-refractivity contribution in [1.29, 1.82) is 5.26 Å². The fraction of sp³-hybridized carbons (Fsp3) is 0.500. The number of alkyl halides is 6. The number of thioether (sulfide) groups is 1. The average molecular weight is 436 g/mol. The number of hydrogen-bond acceptors (Lipinski definition) is 5. The highest BCUT2D eigenvalue weighted by Gasteiger charge is 2.47. The Morgan fingerprint density at radius 3 is 2.34 bits per heavy atom. The van der Waals surface area contributed by atoms with Crippen LogP contribution >= 0.6 is 11.8 Å². The van der Waals surface area contributed by atoms with Gasteiger partial charge in [0.2, 0.25) is 0 Å². The zero-order chi connectivity index (χ0) is 22.0. The van der Waals surface area contributed by atoms with E-state index >= 15 is 0 Å². The van der Waals surface area contributed by atoms with Crippen LogP contribution in [0.3, 0.4) is 0 Å². The molecule has 0 spiro atoms. The second-order valence-electron chi connectivity index (χ2n) is 6.48. The van der Waals surface area contributed by atoms with Gasteiger partial charge < -0.3 is 0 Å². The maximum Gasteiger partial charge on any atom is 0.431 e. The monoisotopic (exact) mass is 436 g/mol. The van der Waals surface area contributed by atoms with Crippen molar-refractivity contribution >= 4 is 28.2 Å². The summed E-state index contributed by atoms with van der Waals surface area (Å²) in [4.78, 5) is 4.31. The van der Waals surface area contributed by atoms with Crippen molar-refractivity contribution in [3.8, 4) is 6.07 Å². The molecule has 0 saturated carbocycles. The van der Waals surface area contributed by atoms with Crippen molar-refractivity contribution < 1.29 is 26.3 Å². The molecule has 0 amide bonds. The van der Waals surface area contributed by atoms with E-state index in [1.54, 1.807) is 6.92 Å². The summed E-state index contributed by atoms with van der Waals surface area (Å²) in [5.74, 6) is 0.446. The summed E-state index contributed by atoms with van der Waals surface area (Å²) in [5, 5.41) is 12.6. The van der Waals surface area contributed by atoms with Crippen LogP contribution in [0.4, 0.5) is 32.0 Å². The third kappa shape index (κ3) is 4.86. The van der Waals surface area contributed by atoms with E-state index in [2.05, 4.69) is 15.5 Å². The maximum absolute atomic E-state index is 13.5. The van der Waals surface area contributed by atoms with Gasteiger partial charge in [-0.3, -0.25) is 5.43 Å². The summed E-state index contributed by atoms with van der Waals surface area (Å²) >= 11 is 1.12. The lowest BCUT2D eigenvalue weighted by Gasteiger charge is -2.26. The minimum atomic E-state index is -4.76. The first-order chi connectivity index (χ1) is 13.4. The second kappa shape index (κ2) is 8.26. The van der Waals surface area contributed by atoms with Gasteiger partial charge in [-0.15, -0.1) is 11.8 Å². The highest BCUT2D eigenvalue weighted by Crippen LogP contribution is 2.40. The Bertz CT molecular complexity index is 882. The zero-order valence-electron chi connectivity index (χ0n) is 15.8. The highest BCUT2D eigenvalue weighted by molar-refractivity contribution is 8.14. The molecule has 11 heteroatoms. The molecule has 1 heterocycles. The quantitative estimate of drug-likeness (QED) is 0.380. The largest absolute Gasteiger partial charge is 0.431 e. The van der Waals surface area contributed by atoms with Crippen molar-refractivity contribution in [1.82, 2.24) is 5.43 Å². The van der Waals surface area contributed by atoms with Gasteiger partial charge in [-0.2, -0.15) is 36.7 Å². The molecule has 1 N–H and O–H groups in total. The van der Waals surface area contributed by atoms with E-state index in [1.165, 1.54) is 26.0 Å². The molecular weight excluding hydrogens is 418 g/mol. The topological polar surface area (TPSA) is 60.5 Å². The standard InChI is InChI=1S/C18H18F6N4S/c1-4-11-12(7-6-10(9-25)14(11)18(22,23)24)26-15(29-5-2)16(3)8-13(27-28-16)17(19,20)21/h6-7,28H,4-5,8H2,1-3H3. The molecule has 0 aromatic heterocycles. The van der Waals surface area contributed by atoms with Crippen LogP contribution in [0.2, 0.25) is 0 Å². The van der Waals surface area contributed by atoms with Crippen molar-refractivity contribution in [2.75, 3.05) is 5.75 Å². The van der Waals surface area contributed by atoms with Crippen LogP contribution in [0.25, 0.3) is 0 Å². The van der Waals surface area contributed by atoms with Gasteiger partial charge in [0, 0.05) is 6.42 Å². The first-order valence-corrected chi connectivity index (χ1v) is 9.62. The molecule has 158 valence electrons. The van der Waals surface area contributed by atoms with E-state index in [0.717, 1.165) is 17.8 Å². The molecule has 29 heavy (non-hydrogen) atoms. The van der Waals surface area contributed by atoms with Gasteiger partial charge in [-0.1, -0.05) is 13.8 Å². The van der Waals surface area contributed by atoms with Gasteiger partial charge in [0.1, 0.15) is 16.3 Å². The van der Waals surface area contributed by atoms with E-state index in [-0.39, 0.29) is 22.7 Å². The van der Waals surface area contributed by atoms with Crippen LogP contribution in [-0.4, -0.2) is 28.2 Å². The molecule has 1 atom stereocenters. The third-order valence-electron chi connectivity index (χ3n) is 4.31. The van der Waals surface area contributed by atoms with Gasteiger partial charge in [-0.25, -0.2) is 4.99 Å². The average Bonchev–Trinajstić information content (AvgIpc) is 3.03. The van der Waals surface area contributed by atoms with Crippen molar-refractivity contribution in [2.24, 2.45) is 10.1 Å². The smallest absolute Gasteiger partial charge is 0.297 e. The Morgan fingerprint density at radius 1 is 1.24 bits per heavy atom. The molecule has 1 aliphatic rings. The molecular formula is C18H18F6N4S. The lowest BCUT2D eigenvalue weighted by atomic mass is 9.96. The van der Waals surface area contributed by atoms with Crippen LogP contribution in [0, 0.1) is 11.3 Å². The fourth-order valence-electron chi connectivity index (χ4n) is 2.97. The van der Waals surface area contributed by atoms with Gasteiger partial charge in [-0.05, 0) is 36.8 Å². The lowest BCUT2D eigenvalue weighted by Crippen LogP contribution is -2.43. The molecule has 1 aromatic rings. The summed E-state index contributed by atoms with van der Waals surface area (Å²) in [6, 6.07) is 3.85. The minimum Gasteiger partial charge on any atom is -0.297 e. The Labute approximate surface area is 168 Å². The molecule has 0 saturated heterocycles. The number of halogens is 6. The maximum atomic E-state index is 13.5. The number of nitriles is 1. The van der Waals surface area contributed by atoms with Crippen molar-refractivity contribution in [2.45, 2.75) is 51.5 Å². The van der Waals surface area contributed by atoms with Gasteiger partial charge in [0.25, 0.3) is 0 Å². The molecule has 4 nitrogen and oxygen atoms in total. The summed E-state index contributed by atoms with van der Waals surface area (Å²) in [5.41, 5.74) is -1.66. The first-order valence-electron chi connectivity index (χ1n) is 8.63. The predicted molar refractivity (Wildman–Crippen MR) is 100 cm³/mol. The van der Waals surface area contributed by atoms with E-state index in [1.807, 2.05) is 0 Å². The Morgan fingerprint density at radius 2 is 1.90 bits per heavy atom. The summed E-state index contributed by atoms with van der Waals surface area (Å²) in [6.07, 6.45) is -9.92. The van der Waals surface area contributed by atoms with Crippen LogP contribution < -0.4 is 5.43 Å². The molecule has 0 bridgehead atoms. The molecule has 0 fully saturated rings. The number of nitrogens with one attached hydrogen (secondary N) is 1. The lowest BCUT2D eigenvalue weighted by molar-refractivity contribution is -0.138. The predicted octanol–water partition coefficient (Wildman–Crippen LogP) is 5.59. The number of benzene rings is 1. The first kappa shape index (κ1) is 23.1. The SMILES string of the molecule is CCSC(=Nc1ccc(C#N)c(C(F)(F)F)c1CC)C1(C)CC(C(F)(F)F)=NN1. The molecule has 1 aliphatic heterocycles. The summed E-state index contributed by atoms with van der Waals surface area (Å²) < 4.78 is 79.6. The number of nitrogens with zero attached hydrogens (tertiary/aromatic N) is 3. The Kier molecular flexibility index (Phi) is 6.57. The number of aliphatic imine (C=N–C) groups is 1. The Balaban J connectivity index is 2.59. The number of rotatable bonds is 4. The molecule has 0 aliphatic carbocycles. The van der Waals surface area contributed by atoms with Crippen LogP contribution in [0.5, 0.6) is 0 Å². The number of hydrogen-bond donors (Lipinski definition) is 1. The highest BCUT2D eigenvalue weighted by atomic mass is 32.2. The van der Waals surface area contributed by atoms with Crippen LogP contribution in [0.15, 0.2) is 22.2 Å². The Hall–Kier alpha value is -2.22. The molecule has 0 radical (unpaired) electrons. The van der Waals surface area contributed by atoms with E-state index in [4.69, 9.17) is 5.26 Å². The molecule has 2 rings (SSSR count). The van der Waals surface area contributed by atoms with E-state index < -0.39 is 41.2 Å². The van der Waals surface area contributed by atoms with Crippen LogP contribution in [-0.2, 0) is 12.6 Å². The normalized spacial score (nSPS) is 20.3. The molecule has 1 aromatic carbocycles. The minimum absolute atomic E-state index is 0.0294. The zero-order valence-corrected chi connectivity index (χ0v) is 16.6. The number of hydrazone groups is 1. The molecule has 1 unspecified atom stereocenters. The second-order valence-corrected chi connectivity index (χ2v) is 7.73. The van der Waals surface area contributed by atoms with Crippen molar-refractivity contribution in [3.63, 3.8) is 0 Å². The summed E-state index contributed by atoms with van der Waals surface area (Å²) in [7, 11) is 0.